The van der Waals surface area contributed by atoms with Crippen LogP contribution >= 0.6 is 11.6 Å². The van der Waals surface area contributed by atoms with E-state index in [4.69, 9.17) is 16.0 Å². The molecule has 1 N–H and O–H groups in total. The number of aliphatic hydroxyl groups excluding tert-OH is 1. The second kappa shape index (κ2) is 4.68. The van der Waals surface area contributed by atoms with E-state index in [1.165, 1.54) is 12.3 Å². The number of rotatable bonds is 3. The Bertz CT molecular complexity index is 468. The molecule has 0 saturated carbocycles. The molecule has 2 rings (SSSR count). The van der Waals surface area contributed by atoms with Gasteiger partial charge in [0.05, 0.1) is 11.3 Å². The molecule has 0 aliphatic carbocycles. The summed E-state index contributed by atoms with van der Waals surface area (Å²) >= 11 is 5.64. The van der Waals surface area contributed by atoms with E-state index < -0.39 is 11.9 Å². The molecule has 0 bridgehead atoms. The summed E-state index contributed by atoms with van der Waals surface area (Å²) in [6, 6.07) is 8.03. The lowest BCUT2D eigenvalue weighted by Crippen LogP contribution is -2.02. The van der Waals surface area contributed by atoms with Gasteiger partial charge in [-0.1, -0.05) is 23.7 Å². The van der Waals surface area contributed by atoms with E-state index in [0.717, 1.165) is 0 Å². The van der Waals surface area contributed by atoms with Gasteiger partial charge in [0.15, 0.2) is 0 Å². The lowest BCUT2D eigenvalue weighted by molar-refractivity contribution is 0.149. The topological polar surface area (TPSA) is 33.4 Å². The third-order valence-corrected chi connectivity index (χ3v) is 2.61. The van der Waals surface area contributed by atoms with Gasteiger partial charge in [0, 0.05) is 6.42 Å². The van der Waals surface area contributed by atoms with E-state index in [-0.39, 0.29) is 11.4 Å². The van der Waals surface area contributed by atoms with Gasteiger partial charge in [0.25, 0.3) is 0 Å². The van der Waals surface area contributed by atoms with E-state index in [0.29, 0.717) is 11.3 Å². The number of halogens is 2. The number of hydrogen-bond donors (Lipinski definition) is 1. The molecular weight excluding hydrogens is 231 g/mol. The Balaban J connectivity index is 2.18. The molecule has 1 unspecified atom stereocenters. The first-order chi connectivity index (χ1) is 7.68. The van der Waals surface area contributed by atoms with Gasteiger partial charge in [-0.25, -0.2) is 4.39 Å². The zero-order valence-corrected chi connectivity index (χ0v) is 9.12. The van der Waals surface area contributed by atoms with Crippen LogP contribution in [0.2, 0.25) is 5.02 Å². The summed E-state index contributed by atoms with van der Waals surface area (Å²) in [6.45, 7) is 0. The van der Waals surface area contributed by atoms with Gasteiger partial charge >= 0.3 is 0 Å². The molecule has 1 atom stereocenters. The van der Waals surface area contributed by atoms with E-state index in [9.17, 15) is 9.50 Å². The fraction of sp³-hybridized carbons (Fsp3) is 0.167. The first-order valence-corrected chi connectivity index (χ1v) is 5.20. The predicted octanol–water partition coefficient (Wildman–Crippen LogP) is 3.35. The molecule has 1 heterocycles. The molecule has 0 amide bonds. The van der Waals surface area contributed by atoms with Crippen LogP contribution in [0.15, 0.2) is 41.0 Å². The van der Waals surface area contributed by atoms with Gasteiger partial charge in [-0.2, -0.15) is 0 Å². The van der Waals surface area contributed by atoms with Crippen molar-refractivity contribution in [2.45, 2.75) is 12.5 Å². The third-order valence-electron chi connectivity index (χ3n) is 2.32. The molecule has 1 aromatic heterocycles. The fourth-order valence-electron chi connectivity index (χ4n) is 1.50. The zero-order chi connectivity index (χ0) is 11.5. The molecule has 0 spiro atoms. The maximum Gasteiger partial charge on any atom is 0.145 e. The standard InChI is InChI=1S/C12H10ClFO2/c13-9-4-1-3-8(12(9)14)7-10(15)11-5-2-6-16-11/h1-6,10,15H,7H2. The van der Waals surface area contributed by atoms with Crippen LogP contribution < -0.4 is 0 Å². The molecule has 84 valence electrons. The molecule has 2 aromatic rings. The largest absolute Gasteiger partial charge is 0.467 e. The van der Waals surface area contributed by atoms with Crippen molar-refractivity contribution in [2.24, 2.45) is 0 Å². The average Bonchev–Trinajstić information content (AvgIpc) is 2.78. The number of benzene rings is 1. The van der Waals surface area contributed by atoms with Crippen LogP contribution in [0.3, 0.4) is 0 Å². The van der Waals surface area contributed by atoms with Crippen molar-refractivity contribution < 1.29 is 13.9 Å². The molecule has 16 heavy (non-hydrogen) atoms. The normalized spacial score (nSPS) is 12.7. The summed E-state index contributed by atoms with van der Waals surface area (Å²) in [5.74, 6) is -0.0749. The summed E-state index contributed by atoms with van der Waals surface area (Å²) in [7, 11) is 0. The zero-order valence-electron chi connectivity index (χ0n) is 8.36. The second-order valence-electron chi connectivity index (χ2n) is 3.45. The van der Waals surface area contributed by atoms with Crippen molar-refractivity contribution in [3.05, 3.63) is 58.8 Å². The number of aliphatic hydroxyl groups is 1. The lowest BCUT2D eigenvalue weighted by Gasteiger charge is -2.09. The van der Waals surface area contributed by atoms with Gasteiger partial charge in [-0.05, 0) is 23.8 Å². The van der Waals surface area contributed by atoms with Crippen molar-refractivity contribution in [1.82, 2.24) is 0 Å². The minimum atomic E-state index is -0.858. The lowest BCUT2D eigenvalue weighted by atomic mass is 10.1. The van der Waals surface area contributed by atoms with Crippen LogP contribution in [0, 0.1) is 5.82 Å². The first-order valence-electron chi connectivity index (χ1n) is 4.83. The molecule has 0 saturated heterocycles. The highest BCUT2D eigenvalue weighted by Crippen LogP contribution is 2.23. The van der Waals surface area contributed by atoms with Crippen molar-refractivity contribution in [3.63, 3.8) is 0 Å². The van der Waals surface area contributed by atoms with E-state index in [1.54, 1.807) is 24.3 Å². The Morgan fingerprint density at radius 2 is 2.12 bits per heavy atom. The third kappa shape index (κ3) is 2.26. The van der Waals surface area contributed by atoms with E-state index in [2.05, 4.69) is 0 Å². The Morgan fingerprint density at radius 3 is 2.81 bits per heavy atom. The van der Waals surface area contributed by atoms with Gasteiger partial charge in [0.1, 0.15) is 17.7 Å². The van der Waals surface area contributed by atoms with Crippen LogP contribution in [-0.4, -0.2) is 5.11 Å². The quantitative estimate of drug-likeness (QED) is 0.893. The minimum Gasteiger partial charge on any atom is -0.467 e. The highest BCUT2D eigenvalue weighted by atomic mass is 35.5. The summed E-state index contributed by atoms with van der Waals surface area (Å²) in [5.41, 5.74) is 0.372. The molecule has 0 aliphatic heterocycles. The average molecular weight is 241 g/mol. The Morgan fingerprint density at radius 1 is 1.31 bits per heavy atom. The molecule has 4 heteroatoms. The van der Waals surface area contributed by atoms with Gasteiger partial charge in [0.2, 0.25) is 0 Å². The van der Waals surface area contributed by atoms with Crippen LogP contribution in [-0.2, 0) is 6.42 Å². The Hall–Kier alpha value is -1.32. The highest BCUT2D eigenvalue weighted by molar-refractivity contribution is 6.30. The van der Waals surface area contributed by atoms with Gasteiger partial charge in [-0.15, -0.1) is 0 Å². The van der Waals surface area contributed by atoms with Crippen LogP contribution in [0.1, 0.15) is 17.4 Å². The SMILES string of the molecule is OC(Cc1cccc(Cl)c1F)c1ccco1. The molecule has 1 aromatic carbocycles. The summed E-state index contributed by atoms with van der Waals surface area (Å²) in [4.78, 5) is 0. The number of hydrogen-bond acceptors (Lipinski definition) is 2. The fourth-order valence-corrected chi connectivity index (χ4v) is 1.69. The van der Waals surface area contributed by atoms with E-state index >= 15 is 0 Å². The smallest absolute Gasteiger partial charge is 0.145 e. The van der Waals surface area contributed by atoms with Crippen LogP contribution in [0.25, 0.3) is 0 Å². The van der Waals surface area contributed by atoms with Gasteiger partial charge in [-0.3, -0.25) is 0 Å². The van der Waals surface area contributed by atoms with Crippen molar-refractivity contribution in [3.8, 4) is 0 Å². The highest BCUT2D eigenvalue weighted by Gasteiger charge is 2.14. The molecular formula is C12H10ClFO2. The van der Waals surface area contributed by atoms with Crippen LogP contribution in [0.4, 0.5) is 4.39 Å². The second-order valence-corrected chi connectivity index (χ2v) is 3.86. The first kappa shape index (κ1) is 11.2. The van der Waals surface area contributed by atoms with Crippen LogP contribution in [0.5, 0.6) is 0 Å². The molecule has 0 radical (unpaired) electrons. The summed E-state index contributed by atoms with van der Waals surface area (Å²) in [5, 5.41) is 9.83. The Kier molecular flexibility index (Phi) is 3.27. The van der Waals surface area contributed by atoms with Crippen molar-refractivity contribution in [2.75, 3.05) is 0 Å². The van der Waals surface area contributed by atoms with E-state index in [1.807, 2.05) is 0 Å². The summed E-state index contributed by atoms with van der Waals surface area (Å²) < 4.78 is 18.6. The molecule has 0 aliphatic rings. The monoisotopic (exact) mass is 240 g/mol. The predicted molar refractivity (Wildman–Crippen MR) is 58.8 cm³/mol. The minimum absolute atomic E-state index is 0.0594. The van der Waals surface area contributed by atoms with Crippen molar-refractivity contribution in [1.29, 1.82) is 0 Å². The van der Waals surface area contributed by atoms with Gasteiger partial charge < -0.3 is 9.52 Å². The molecule has 0 fully saturated rings. The Labute approximate surface area is 97.3 Å². The maximum absolute atomic E-state index is 13.5. The maximum atomic E-state index is 13.5. The summed E-state index contributed by atoms with van der Waals surface area (Å²) in [6.07, 6.45) is 0.746. The molecule has 2 nitrogen and oxygen atoms in total. The van der Waals surface area contributed by atoms with Crippen molar-refractivity contribution >= 4 is 11.6 Å². The number of furan rings is 1.